The third kappa shape index (κ3) is 16.3. The van der Waals surface area contributed by atoms with Crippen molar-refractivity contribution >= 4 is 68.7 Å². The molecule has 31 heavy (non-hydrogen) atoms. The molecule has 0 aliphatic heterocycles. The van der Waals surface area contributed by atoms with E-state index in [4.69, 9.17) is 26.6 Å². The lowest BCUT2D eigenvalue weighted by molar-refractivity contribution is 0.0704. The maximum Gasteiger partial charge on any atom is 0.500 e. The van der Waals surface area contributed by atoms with Crippen LogP contribution in [-0.4, -0.2) is 68.8 Å². The lowest BCUT2D eigenvalue weighted by atomic mass is 10.6. The summed E-state index contributed by atoms with van der Waals surface area (Å²) in [5.41, 5.74) is 0. The third-order valence-electron chi connectivity index (χ3n) is 3.76. The van der Waals surface area contributed by atoms with Crippen LogP contribution in [0.3, 0.4) is 0 Å². The molecule has 0 saturated carbocycles. The van der Waals surface area contributed by atoms with Gasteiger partial charge in [-0.1, -0.05) is 21.6 Å². The highest BCUT2D eigenvalue weighted by Gasteiger charge is 2.40. The van der Waals surface area contributed by atoms with Crippen molar-refractivity contribution in [1.82, 2.24) is 0 Å². The largest absolute Gasteiger partial charge is 0.500 e. The van der Waals surface area contributed by atoms with Gasteiger partial charge in [0, 0.05) is 63.2 Å². The summed E-state index contributed by atoms with van der Waals surface area (Å²) in [5.74, 6) is 2.13. The predicted molar refractivity (Wildman–Crippen MR) is 148 cm³/mol. The van der Waals surface area contributed by atoms with Gasteiger partial charge in [-0.15, -0.1) is 0 Å². The molecule has 0 aliphatic carbocycles. The molecule has 6 nitrogen and oxygen atoms in total. The molecule has 0 rings (SSSR count). The van der Waals surface area contributed by atoms with E-state index in [9.17, 15) is 0 Å². The minimum absolute atomic E-state index is 0.640. The lowest BCUT2D eigenvalue weighted by Crippen LogP contribution is -2.46. The molecule has 0 unspecified atom stereocenters. The molecule has 0 aromatic carbocycles. The van der Waals surface area contributed by atoms with Gasteiger partial charge in [-0.2, -0.15) is 0 Å². The molecule has 0 N–H and O–H groups in total. The molecule has 0 spiro atoms. The molecule has 0 fully saturated rings. The zero-order valence-corrected chi connectivity index (χ0v) is 26.1. The van der Waals surface area contributed by atoms with Crippen LogP contribution < -0.4 is 0 Å². The van der Waals surface area contributed by atoms with Gasteiger partial charge in [0.1, 0.15) is 0 Å². The van der Waals surface area contributed by atoms with Crippen molar-refractivity contribution in [2.75, 3.05) is 51.1 Å². The summed E-state index contributed by atoms with van der Waals surface area (Å²) < 4.78 is 35.4. The van der Waals surface area contributed by atoms with Crippen LogP contribution in [0.25, 0.3) is 0 Å². The van der Waals surface area contributed by atoms with Gasteiger partial charge < -0.3 is 26.6 Å². The highest BCUT2D eigenvalue weighted by molar-refractivity contribution is 9.35. The molecule has 0 radical (unpaired) electrons. The van der Waals surface area contributed by atoms with E-state index < -0.39 is 17.6 Å². The van der Waals surface area contributed by atoms with Crippen LogP contribution >= 0.6 is 51.1 Å². The molecular formula is C18H42O6S5Si2. The summed E-state index contributed by atoms with van der Waals surface area (Å²) in [6, 6.07) is 1.77. The van der Waals surface area contributed by atoms with Crippen LogP contribution in [0.15, 0.2) is 0 Å². The Morgan fingerprint density at radius 3 is 1.00 bits per heavy atom. The van der Waals surface area contributed by atoms with E-state index in [0.29, 0.717) is 39.6 Å². The van der Waals surface area contributed by atoms with Crippen LogP contribution in [0.5, 0.6) is 0 Å². The van der Waals surface area contributed by atoms with E-state index in [-0.39, 0.29) is 0 Å². The summed E-state index contributed by atoms with van der Waals surface area (Å²) in [4.78, 5) is 0. The highest BCUT2D eigenvalue weighted by atomic mass is 33.8. The van der Waals surface area contributed by atoms with Crippen molar-refractivity contribution in [3.63, 3.8) is 0 Å². The molecule has 0 saturated heterocycles. The average molecular weight is 571 g/mol. The van der Waals surface area contributed by atoms with Gasteiger partial charge in [-0.3, -0.25) is 0 Å². The molecule has 0 atom stereocenters. The SMILES string of the molecule is CCO[Si](CCCSSSSSCCC[Si](OCC)(OCC)OCC)(OCC)OCC. The van der Waals surface area contributed by atoms with Crippen molar-refractivity contribution in [1.29, 1.82) is 0 Å². The van der Waals surface area contributed by atoms with E-state index >= 15 is 0 Å². The number of hydrogen-bond donors (Lipinski definition) is 0. The predicted octanol–water partition coefficient (Wildman–Crippen LogP) is 7.19. The zero-order valence-electron chi connectivity index (χ0n) is 20.0. The minimum Gasteiger partial charge on any atom is -0.374 e. The zero-order chi connectivity index (χ0) is 23.3. The smallest absolute Gasteiger partial charge is 0.374 e. The van der Waals surface area contributed by atoms with E-state index in [2.05, 4.69) is 0 Å². The van der Waals surface area contributed by atoms with Crippen molar-refractivity contribution in [3.8, 4) is 0 Å². The Balaban J connectivity index is 3.91. The van der Waals surface area contributed by atoms with Gasteiger partial charge in [-0.05, 0) is 83.9 Å². The van der Waals surface area contributed by atoms with E-state index in [1.165, 1.54) is 0 Å². The minimum atomic E-state index is -2.49. The standard InChI is InChI=1S/C18H42O6S5Si2/c1-7-19-30(20-8-2,21-9-3)17-13-15-25-27-29-28-26-16-14-18-31(22-10-4,23-11-5)24-12-6/h7-18H2,1-6H3. The van der Waals surface area contributed by atoms with Crippen LogP contribution in [0.4, 0.5) is 0 Å². The molecule has 188 valence electrons. The Morgan fingerprint density at radius 1 is 0.452 bits per heavy atom. The van der Waals surface area contributed by atoms with Crippen molar-refractivity contribution in [2.24, 2.45) is 0 Å². The maximum absolute atomic E-state index is 5.90. The van der Waals surface area contributed by atoms with E-state index in [0.717, 1.165) is 36.4 Å². The van der Waals surface area contributed by atoms with Gasteiger partial charge in [0.05, 0.1) is 0 Å². The fourth-order valence-corrected chi connectivity index (χ4v) is 17.4. The number of rotatable bonds is 24. The summed E-state index contributed by atoms with van der Waals surface area (Å²) in [6.07, 6.45) is 2.09. The first-order valence-electron chi connectivity index (χ1n) is 11.2. The summed E-state index contributed by atoms with van der Waals surface area (Å²) in [6.45, 7) is 15.9. The van der Waals surface area contributed by atoms with Crippen LogP contribution in [0.2, 0.25) is 12.1 Å². The second-order valence-corrected chi connectivity index (χ2v) is 19.5. The molecule has 0 amide bonds. The molecule has 13 heteroatoms. The second-order valence-electron chi connectivity index (χ2n) is 6.02. The van der Waals surface area contributed by atoms with Gasteiger partial charge in [0.15, 0.2) is 0 Å². The molecule has 0 aromatic rings. The van der Waals surface area contributed by atoms with Crippen LogP contribution in [0.1, 0.15) is 54.4 Å². The highest BCUT2D eigenvalue weighted by Crippen LogP contribution is 2.49. The normalized spacial score (nSPS) is 12.6. The first kappa shape index (κ1) is 32.9. The number of hydrogen-bond acceptors (Lipinski definition) is 11. The van der Waals surface area contributed by atoms with Gasteiger partial charge in [-0.25, -0.2) is 0 Å². The monoisotopic (exact) mass is 570 g/mol. The van der Waals surface area contributed by atoms with Gasteiger partial charge in [0.2, 0.25) is 0 Å². The Morgan fingerprint density at radius 2 is 0.742 bits per heavy atom. The van der Waals surface area contributed by atoms with Crippen molar-refractivity contribution in [2.45, 2.75) is 66.5 Å². The molecule has 0 heterocycles. The Hall–Kier alpha value is 1.94. The summed E-state index contributed by atoms with van der Waals surface area (Å²) in [7, 11) is 4.29. The fraction of sp³-hybridized carbons (Fsp3) is 1.00. The van der Waals surface area contributed by atoms with Gasteiger partial charge >= 0.3 is 17.6 Å². The molecule has 0 aromatic heterocycles. The Bertz CT molecular complexity index is 336. The topological polar surface area (TPSA) is 55.4 Å². The Labute approximate surface area is 211 Å². The van der Waals surface area contributed by atoms with Gasteiger partial charge in [0.25, 0.3) is 0 Å². The first-order valence-corrected chi connectivity index (χ1v) is 21.5. The quantitative estimate of drug-likeness (QED) is 0.0673. The van der Waals surface area contributed by atoms with Crippen LogP contribution in [-0.2, 0) is 26.6 Å². The Kier molecular flexibility index (Phi) is 23.8. The summed E-state index contributed by atoms with van der Waals surface area (Å²) in [5, 5.41) is 0. The van der Waals surface area contributed by atoms with Crippen LogP contribution in [0, 0.1) is 0 Å². The third-order valence-corrected chi connectivity index (χ3v) is 18.9. The lowest BCUT2D eigenvalue weighted by Gasteiger charge is -2.28. The molecular weight excluding hydrogens is 529 g/mol. The average Bonchev–Trinajstić information content (AvgIpc) is 2.73. The van der Waals surface area contributed by atoms with E-state index in [1.807, 2.05) is 92.6 Å². The summed E-state index contributed by atoms with van der Waals surface area (Å²) >= 11 is 0. The fourth-order valence-electron chi connectivity index (χ4n) is 2.82. The maximum atomic E-state index is 5.90. The van der Waals surface area contributed by atoms with Crippen molar-refractivity contribution in [3.05, 3.63) is 0 Å². The van der Waals surface area contributed by atoms with Crippen molar-refractivity contribution < 1.29 is 26.6 Å². The van der Waals surface area contributed by atoms with E-state index in [1.54, 1.807) is 0 Å². The molecule has 0 aliphatic rings. The first-order chi connectivity index (χ1) is 15.1. The molecule has 0 bridgehead atoms. The second kappa shape index (κ2) is 22.4.